The van der Waals surface area contributed by atoms with Crippen LogP contribution in [0.1, 0.15) is 21.5 Å². The fraction of sp³-hybridized carbons (Fsp3) is 0.0833. The Labute approximate surface area is 162 Å². The van der Waals surface area contributed by atoms with Crippen LogP contribution in [-0.4, -0.2) is 10.9 Å². The Morgan fingerprint density at radius 1 is 0.821 bits per heavy atom. The number of hydrogen-bond donors (Lipinski definition) is 2. The topological polar surface area (TPSA) is 62.0 Å². The van der Waals surface area contributed by atoms with Gasteiger partial charge >= 0.3 is 0 Å². The van der Waals surface area contributed by atoms with Gasteiger partial charge in [0.05, 0.1) is 0 Å². The summed E-state index contributed by atoms with van der Waals surface area (Å²) in [5.41, 5.74) is 4.16. The molecular weight excluding hydrogens is 348 g/mol. The number of carbonyl (C=O) groups excluding carboxylic acids is 1. The Morgan fingerprint density at radius 2 is 1.61 bits per heavy atom. The van der Waals surface area contributed by atoms with Crippen molar-refractivity contribution in [3.8, 4) is 11.3 Å². The highest BCUT2D eigenvalue weighted by Gasteiger charge is 2.12. The zero-order chi connectivity index (χ0) is 19.7. The Morgan fingerprint density at radius 3 is 2.36 bits per heavy atom. The van der Waals surface area contributed by atoms with Crippen LogP contribution in [0, 0.1) is 13.8 Å². The number of H-pyrrole nitrogens is 1. The van der Waals surface area contributed by atoms with Gasteiger partial charge in [0.1, 0.15) is 5.56 Å². The molecule has 4 rings (SSSR count). The summed E-state index contributed by atoms with van der Waals surface area (Å²) in [6, 6.07) is 23.1. The molecule has 0 saturated carbocycles. The molecule has 0 saturated heterocycles. The van der Waals surface area contributed by atoms with Gasteiger partial charge in [0, 0.05) is 11.4 Å². The third-order valence-electron chi connectivity index (χ3n) is 4.98. The first-order chi connectivity index (χ1) is 13.5. The molecule has 28 heavy (non-hydrogen) atoms. The monoisotopic (exact) mass is 368 g/mol. The van der Waals surface area contributed by atoms with Gasteiger partial charge in [0.2, 0.25) is 0 Å². The van der Waals surface area contributed by atoms with Gasteiger partial charge in [-0.25, -0.2) is 0 Å². The van der Waals surface area contributed by atoms with E-state index in [1.54, 1.807) is 12.1 Å². The molecule has 0 aliphatic heterocycles. The second-order valence-electron chi connectivity index (χ2n) is 6.93. The summed E-state index contributed by atoms with van der Waals surface area (Å²) < 4.78 is 0. The average molecular weight is 368 g/mol. The van der Waals surface area contributed by atoms with Crippen LogP contribution in [-0.2, 0) is 0 Å². The zero-order valence-corrected chi connectivity index (χ0v) is 15.7. The van der Waals surface area contributed by atoms with Gasteiger partial charge in [0.15, 0.2) is 0 Å². The summed E-state index contributed by atoms with van der Waals surface area (Å²) >= 11 is 0. The number of anilines is 1. The number of nitrogens with one attached hydrogen (secondary N) is 2. The smallest absolute Gasteiger partial charge is 0.261 e. The van der Waals surface area contributed by atoms with E-state index in [4.69, 9.17) is 0 Å². The van der Waals surface area contributed by atoms with E-state index in [9.17, 15) is 9.59 Å². The molecule has 0 aliphatic carbocycles. The summed E-state index contributed by atoms with van der Waals surface area (Å²) in [6.45, 7) is 3.99. The third-order valence-corrected chi connectivity index (χ3v) is 4.98. The van der Waals surface area contributed by atoms with Crippen molar-refractivity contribution in [1.29, 1.82) is 0 Å². The van der Waals surface area contributed by atoms with E-state index in [0.717, 1.165) is 27.5 Å². The normalized spacial score (nSPS) is 10.8. The van der Waals surface area contributed by atoms with Crippen molar-refractivity contribution < 1.29 is 4.79 Å². The molecule has 0 fully saturated rings. The van der Waals surface area contributed by atoms with Crippen LogP contribution in [0.2, 0.25) is 0 Å². The van der Waals surface area contributed by atoms with E-state index >= 15 is 0 Å². The Bertz CT molecular complexity index is 1250. The van der Waals surface area contributed by atoms with Crippen molar-refractivity contribution in [2.45, 2.75) is 13.8 Å². The van der Waals surface area contributed by atoms with Crippen molar-refractivity contribution in [2.75, 3.05) is 5.32 Å². The number of carbonyl (C=O) groups is 1. The van der Waals surface area contributed by atoms with Crippen LogP contribution in [0.15, 0.2) is 77.6 Å². The first-order valence-corrected chi connectivity index (χ1v) is 9.12. The summed E-state index contributed by atoms with van der Waals surface area (Å²) in [6.07, 6.45) is 0. The van der Waals surface area contributed by atoms with Crippen molar-refractivity contribution in [1.82, 2.24) is 4.98 Å². The van der Waals surface area contributed by atoms with Crippen LogP contribution < -0.4 is 10.9 Å². The van der Waals surface area contributed by atoms with Gasteiger partial charge in [-0.05, 0) is 71.6 Å². The molecular formula is C24H20N2O2. The third kappa shape index (κ3) is 3.45. The lowest BCUT2D eigenvalue weighted by Crippen LogP contribution is -2.23. The highest BCUT2D eigenvalue weighted by atomic mass is 16.2. The van der Waals surface area contributed by atoms with Crippen LogP contribution in [0.25, 0.3) is 22.0 Å². The minimum atomic E-state index is -0.422. The fourth-order valence-corrected chi connectivity index (χ4v) is 3.20. The standard InChI is InChI=1S/C24H20N2O2/c1-15-7-10-20(13-16(15)2)25-23(27)21-11-12-22(26-24(21)28)19-9-8-17-5-3-4-6-18(17)14-19/h3-14H,1-2H3,(H,25,27)(H,26,28). The van der Waals surface area contributed by atoms with Crippen molar-refractivity contribution >= 4 is 22.4 Å². The zero-order valence-electron chi connectivity index (χ0n) is 15.7. The second kappa shape index (κ2) is 7.16. The van der Waals surface area contributed by atoms with Crippen LogP contribution in [0.4, 0.5) is 5.69 Å². The number of aromatic nitrogens is 1. The molecule has 0 radical (unpaired) electrons. The van der Waals surface area contributed by atoms with E-state index in [1.165, 1.54) is 0 Å². The second-order valence-corrected chi connectivity index (χ2v) is 6.93. The molecule has 0 unspecified atom stereocenters. The molecule has 0 bridgehead atoms. The maximum atomic E-state index is 12.5. The van der Waals surface area contributed by atoms with E-state index < -0.39 is 11.5 Å². The van der Waals surface area contributed by atoms with Crippen LogP contribution in [0.5, 0.6) is 0 Å². The maximum absolute atomic E-state index is 12.5. The van der Waals surface area contributed by atoms with E-state index in [2.05, 4.69) is 10.3 Å². The number of benzene rings is 3. The van der Waals surface area contributed by atoms with Gasteiger partial charge in [-0.15, -0.1) is 0 Å². The first kappa shape index (κ1) is 17.7. The minimum absolute atomic E-state index is 0.0859. The van der Waals surface area contributed by atoms with Gasteiger partial charge in [-0.1, -0.05) is 42.5 Å². The number of rotatable bonds is 3. The minimum Gasteiger partial charge on any atom is -0.322 e. The predicted octanol–water partition coefficient (Wildman–Crippen LogP) is 5.06. The van der Waals surface area contributed by atoms with Crippen molar-refractivity contribution in [2.24, 2.45) is 0 Å². The lowest BCUT2D eigenvalue weighted by Gasteiger charge is -2.08. The fourth-order valence-electron chi connectivity index (χ4n) is 3.20. The molecule has 4 nitrogen and oxygen atoms in total. The van der Waals surface area contributed by atoms with E-state index in [1.807, 2.05) is 74.5 Å². The molecule has 1 heterocycles. The Balaban J connectivity index is 1.62. The summed E-state index contributed by atoms with van der Waals surface area (Å²) in [7, 11) is 0. The predicted molar refractivity (Wildman–Crippen MR) is 114 cm³/mol. The number of hydrogen-bond acceptors (Lipinski definition) is 2. The largest absolute Gasteiger partial charge is 0.322 e. The lowest BCUT2D eigenvalue weighted by atomic mass is 10.0. The molecule has 1 amide bonds. The maximum Gasteiger partial charge on any atom is 0.261 e. The molecule has 4 aromatic rings. The molecule has 3 aromatic carbocycles. The van der Waals surface area contributed by atoms with Crippen molar-refractivity contribution in [3.63, 3.8) is 0 Å². The number of aryl methyl sites for hydroxylation is 2. The summed E-state index contributed by atoms with van der Waals surface area (Å²) in [5, 5.41) is 5.02. The Hall–Kier alpha value is -3.66. The van der Waals surface area contributed by atoms with Crippen LogP contribution >= 0.6 is 0 Å². The van der Waals surface area contributed by atoms with E-state index in [-0.39, 0.29) is 5.56 Å². The number of fused-ring (bicyclic) bond motifs is 1. The lowest BCUT2D eigenvalue weighted by molar-refractivity contribution is 0.102. The SMILES string of the molecule is Cc1ccc(NC(=O)c2ccc(-c3ccc4ccccc4c3)[nH]c2=O)cc1C. The number of aromatic amines is 1. The number of amides is 1. The first-order valence-electron chi connectivity index (χ1n) is 9.12. The average Bonchev–Trinajstić information content (AvgIpc) is 2.70. The quantitative estimate of drug-likeness (QED) is 0.531. The molecule has 138 valence electrons. The van der Waals surface area contributed by atoms with Crippen molar-refractivity contribution in [3.05, 3.63) is 99.8 Å². The highest BCUT2D eigenvalue weighted by Crippen LogP contribution is 2.22. The van der Waals surface area contributed by atoms with Gasteiger partial charge in [-0.3, -0.25) is 9.59 Å². The molecule has 0 aliphatic rings. The summed E-state index contributed by atoms with van der Waals surface area (Å²) in [4.78, 5) is 27.9. The van der Waals surface area contributed by atoms with Gasteiger partial charge < -0.3 is 10.3 Å². The molecule has 0 atom stereocenters. The van der Waals surface area contributed by atoms with Crippen LogP contribution in [0.3, 0.4) is 0 Å². The molecule has 1 aromatic heterocycles. The molecule has 4 heteroatoms. The highest BCUT2D eigenvalue weighted by molar-refractivity contribution is 6.04. The number of pyridine rings is 1. The molecule has 0 spiro atoms. The van der Waals surface area contributed by atoms with Gasteiger partial charge in [-0.2, -0.15) is 0 Å². The van der Waals surface area contributed by atoms with Gasteiger partial charge in [0.25, 0.3) is 11.5 Å². The Kier molecular flexibility index (Phi) is 4.53. The van der Waals surface area contributed by atoms with E-state index in [0.29, 0.717) is 11.4 Å². The molecule has 2 N–H and O–H groups in total. The summed E-state index contributed by atoms with van der Waals surface area (Å²) in [5.74, 6) is -0.422.